The van der Waals surface area contributed by atoms with Gasteiger partial charge in [-0.1, -0.05) is 0 Å². The highest BCUT2D eigenvalue weighted by Crippen LogP contribution is 2.27. The third kappa shape index (κ3) is 5.30. The van der Waals surface area contributed by atoms with Gasteiger partial charge in [-0.25, -0.2) is 4.79 Å². The van der Waals surface area contributed by atoms with Crippen LogP contribution in [0, 0.1) is 0 Å². The number of ether oxygens (including phenoxy) is 1. The molecule has 17 heavy (non-hydrogen) atoms. The molecule has 5 nitrogen and oxygen atoms in total. The number of hydrogen-bond donors (Lipinski definition) is 2. The number of urea groups is 1. The molecule has 0 heterocycles. The lowest BCUT2D eigenvalue weighted by Crippen LogP contribution is -2.43. The number of thioether (sulfide) groups is 1. The molecule has 6 heteroatoms. The second kappa shape index (κ2) is 7.42. The van der Waals surface area contributed by atoms with E-state index in [9.17, 15) is 9.59 Å². The van der Waals surface area contributed by atoms with E-state index in [1.54, 1.807) is 6.92 Å². The molecule has 0 aliphatic heterocycles. The number of amides is 2. The lowest BCUT2D eigenvalue weighted by Gasteiger charge is -2.13. The zero-order chi connectivity index (χ0) is 12.7. The molecule has 1 saturated carbocycles. The monoisotopic (exact) mass is 260 g/mol. The number of esters is 1. The van der Waals surface area contributed by atoms with Gasteiger partial charge in [-0.15, -0.1) is 0 Å². The Hall–Kier alpha value is -0.910. The average Bonchev–Trinajstić information content (AvgIpc) is 2.74. The van der Waals surface area contributed by atoms with Crippen molar-refractivity contribution in [3.05, 3.63) is 0 Å². The Labute approximate surface area is 106 Å². The second-order valence-electron chi connectivity index (χ2n) is 4.00. The van der Waals surface area contributed by atoms with E-state index in [-0.39, 0.29) is 18.6 Å². The summed E-state index contributed by atoms with van der Waals surface area (Å²) in [7, 11) is 0. The van der Waals surface area contributed by atoms with Crippen molar-refractivity contribution in [2.75, 3.05) is 19.4 Å². The van der Waals surface area contributed by atoms with Crippen molar-refractivity contribution in [1.29, 1.82) is 0 Å². The highest BCUT2D eigenvalue weighted by atomic mass is 32.2. The summed E-state index contributed by atoms with van der Waals surface area (Å²) in [6.45, 7) is 2.00. The van der Waals surface area contributed by atoms with Gasteiger partial charge in [-0.3, -0.25) is 4.79 Å². The van der Waals surface area contributed by atoms with Gasteiger partial charge in [0.05, 0.1) is 6.61 Å². The molecule has 2 N–H and O–H groups in total. The number of carbonyl (C=O) groups excluding carboxylic acids is 2. The van der Waals surface area contributed by atoms with Gasteiger partial charge in [-0.05, 0) is 32.4 Å². The fourth-order valence-electron chi connectivity index (χ4n) is 1.89. The molecule has 2 unspecified atom stereocenters. The molecular weight excluding hydrogens is 240 g/mol. The van der Waals surface area contributed by atoms with E-state index in [1.807, 2.05) is 11.8 Å². The maximum absolute atomic E-state index is 11.5. The Bertz CT molecular complexity index is 273. The van der Waals surface area contributed by atoms with Crippen molar-refractivity contribution in [2.24, 2.45) is 0 Å². The van der Waals surface area contributed by atoms with Crippen LogP contribution in [0.15, 0.2) is 0 Å². The molecule has 0 aromatic heterocycles. The van der Waals surface area contributed by atoms with Crippen LogP contribution in [0.25, 0.3) is 0 Å². The fourth-order valence-corrected chi connectivity index (χ4v) is 2.68. The van der Waals surface area contributed by atoms with Gasteiger partial charge >= 0.3 is 12.0 Å². The maximum Gasteiger partial charge on any atom is 0.325 e. The van der Waals surface area contributed by atoms with Crippen LogP contribution < -0.4 is 10.6 Å². The van der Waals surface area contributed by atoms with Gasteiger partial charge in [0.2, 0.25) is 0 Å². The number of rotatable bonds is 5. The molecular formula is C11H20N2O3S. The Morgan fingerprint density at radius 2 is 2.18 bits per heavy atom. The molecule has 0 bridgehead atoms. The summed E-state index contributed by atoms with van der Waals surface area (Å²) < 4.78 is 4.71. The minimum Gasteiger partial charge on any atom is -0.465 e. The van der Waals surface area contributed by atoms with Crippen molar-refractivity contribution in [3.63, 3.8) is 0 Å². The standard InChI is InChI=1S/C11H20N2O3S/c1-3-16-10(14)7-12-11(15)13-8-4-5-9(6-8)17-2/h8-9H,3-7H2,1-2H3,(H2,12,13,15). The van der Waals surface area contributed by atoms with Crippen molar-refractivity contribution in [2.45, 2.75) is 37.5 Å². The lowest BCUT2D eigenvalue weighted by atomic mass is 10.2. The topological polar surface area (TPSA) is 67.4 Å². The second-order valence-corrected chi connectivity index (χ2v) is 5.14. The summed E-state index contributed by atoms with van der Waals surface area (Å²) in [5.41, 5.74) is 0. The van der Waals surface area contributed by atoms with Gasteiger partial charge < -0.3 is 15.4 Å². The van der Waals surface area contributed by atoms with Crippen LogP contribution in [0.2, 0.25) is 0 Å². The molecule has 0 radical (unpaired) electrons. The van der Waals surface area contributed by atoms with E-state index in [2.05, 4.69) is 16.9 Å². The fraction of sp³-hybridized carbons (Fsp3) is 0.818. The largest absolute Gasteiger partial charge is 0.465 e. The Morgan fingerprint density at radius 3 is 2.76 bits per heavy atom. The number of nitrogens with one attached hydrogen (secondary N) is 2. The Balaban J connectivity index is 2.15. The van der Waals surface area contributed by atoms with Gasteiger partial charge in [-0.2, -0.15) is 11.8 Å². The van der Waals surface area contributed by atoms with Crippen molar-refractivity contribution < 1.29 is 14.3 Å². The van der Waals surface area contributed by atoms with Crippen LogP contribution in [0.3, 0.4) is 0 Å². The van der Waals surface area contributed by atoms with Crippen LogP contribution in [-0.4, -0.2) is 42.7 Å². The third-order valence-electron chi connectivity index (χ3n) is 2.75. The maximum atomic E-state index is 11.5. The quantitative estimate of drug-likeness (QED) is 0.727. The third-order valence-corrected chi connectivity index (χ3v) is 3.85. The highest BCUT2D eigenvalue weighted by Gasteiger charge is 2.25. The molecule has 1 aliphatic carbocycles. The number of hydrogen-bond acceptors (Lipinski definition) is 4. The van der Waals surface area contributed by atoms with E-state index in [4.69, 9.17) is 4.74 Å². The molecule has 2 amide bonds. The van der Waals surface area contributed by atoms with Crippen LogP contribution >= 0.6 is 11.8 Å². The van der Waals surface area contributed by atoms with Crippen molar-refractivity contribution in [3.8, 4) is 0 Å². The molecule has 2 atom stereocenters. The minimum atomic E-state index is -0.406. The smallest absolute Gasteiger partial charge is 0.325 e. The first-order valence-electron chi connectivity index (χ1n) is 5.88. The van der Waals surface area contributed by atoms with Crippen molar-refractivity contribution in [1.82, 2.24) is 10.6 Å². The van der Waals surface area contributed by atoms with Crippen LogP contribution in [0.1, 0.15) is 26.2 Å². The van der Waals surface area contributed by atoms with E-state index >= 15 is 0 Å². The minimum absolute atomic E-state index is 0.0711. The van der Waals surface area contributed by atoms with Gasteiger partial charge in [0.25, 0.3) is 0 Å². The van der Waals surface area contributed by atoms with Gasteiger partial charge in [0.1, 0.15) is 6.54 Å². The first-order valence-corrected chi connectivity index (χ1v) is 7.17. The molecule has 0 saturated heterocycles. The SMILES string of the molecule is CCOC(=O)CNC(=O)NC1CCC(SC)C1. The van der Waals surface area contributed by atoms with Gasteiger partial charge in [0.15, 0.2) is 0 Å². The van der Waals surface area contributed by atoms with E-state index in [0.29, 0.717) is 11.9 Å². The predicted octanol–water partition coefficient (Wildman–Crippen LogP) is 1.13. The molecule has 1 aliphatic rings. The first kappa shape index (κ1) is 14.2. The molecule has 1 rings (SSSR count). The summed E-state index contributed by atoms with van der Waals surface area (Å²) in [5.74, 6) is -0.406. The Kier molecular flexibility index (Phi) is 6.18. The summed E-state index contributed by atoms with van der Waals surface area (Å²) >= 11 is 1.84. The highest BCUT2D eigenvalue weighted by molar-refractivity contribution is 7.99. The summed E-state index contributed by atoms with van der Waals surface area (Å²) in [6.07, 6.45) is 5.25. The normalized spacial score (nSPS) is 23.2. The first-order chi connectivity index (χ1) is 8.15. The molecule has 98 valence electrons. The molecule has 0 aromatic rings. The summed E-state index contributed by atoms with van der Waals surface area (Å²) in [6, 6.07) is -0.0561. The molecule has 0 spiro atoms. The van der Waals surface area contributed by atoms with E-state index in [1.165, 1.54) is 0 Å². The van der Waals surface area contributed by atoms with E-state index < -0.39 is 5.97 Å². The predicted molar refractivity (Wildman–Crippen MR) is 68.1 cm³/mol. The number of carbonyl (C=O) groups is 2. The van der Waals surface area contributed by atoms with Gasteiger partial charge in [0, 0.05) is 11.3 Å². The van der Waals surface area contributed by atoms with Crippen LogP contribution in [0.4, 0.5) is 4.79 Å². The lowest BCUT2D eigenvalue weighted by molar-refractivity contribution is -0.141. The zero-order valence-electron chi connectivity index (χ0n) is 10.3. The van der Waals surface area contributed by atoms with Crippen molar-refractivity contribution >= 4 is 23.8 Å². The van der Waals surface area contributed by atoms with Crippen LogP contribution in [0.5, 0.6) is 0 Å². The summed E-state index contributed by atoms with van der Waals surface area (Å²) in [5, 5.41) is 6.01. The summed E-state index contributed by atoms with van der Waals surface area (Å²) in [4.78, 5) is 22.5. The Morgan fingerprint density at radius 1 is 1.41 bits per heavy atom. The zero-order valence-corrected chi connectivity index (χ0v) is 11.1. The average molecular weight is 260 g/mol. The van der Waals surface area contributed by atoms with E-state index in [0.717, 1.165) is 19.3 Å². The molecule has 0 aromatic carbocycles. The van der Waals surface area contributed by atoms with Crippen LogP contribution in [-0.2, 0) is 9.53 Å². The molecule has 1 fully saturated rings.